The molecule has 0 amide bonds. The largest absolute Gasteiger partial charge is 0.480 e. The zero-order valence-corrected chi connectivity index (χ0v) is 20.7. The predicted octanol–water partition coefficient (Wildman–Crippen LogP) is 3.13. The summed E-state index contributed by atoms with van der Waals surface area (Å²) in [4.78, 5) is 16.4. The van der Waals surface area contributed by atoms with Crippen LogP contribution in [0.5, 0.6) is 5.88 Å². The van der Waals surface area contributed by atoms with Gasteiger partial charge in [0.15, 0.2) is 16.4 Å². The fourth-order valence-electron chi connectivity index (χ4n) is 3.37. The Morgan fingerprint density at radius 2 is 1.94 bits per heavy atom. The average molecular weight is 534 g/mol. The molecule has 0 fully saturated rings. The third-order valence-corrected chi connectivity index (χ3v) is 6.56. The number of halogens is 2. The average Bonchev–Trinajstić information content (AvgIpc) is 2.87. The number of anilines is 3. The van der Waals surface area contributed by atoms with Crippen molar-refractivity contribution in [3.05, 3.63) is 53.6 Å². The minimum absolute atomic E-state index is 0.0546. The fraction of sp³-hybridized carbons (Fsp3) is 0.182. The van der Waals surface area contributed by atoms with Crippen molar-refractivity contribution in [2.24, 2.45) is 0 Å². The molecule has 0 spiro atoms. The van der Waals surface area contributed by atoms with Gasteiger partial charge in [-0.2, -0.15) is 4.98 Å². The molecule has 0 aliphatic rings. The normalized spacial score (nSPS) is 11.4. The van der Waals surface area contributed by atoms with E-state index in [1.807, 2.05) is 0 Å². The van der Waals surface area contributed by atoms with Crippen molar-refractivity contribution < 1.29 is 22.7 Å². The Morgan fingerprint density at radius 1 is 1.14 bits per heavy atom. The lowest BCUT2D eigenvalue weighted by molar-refractivity contribution is 0.311. The molecule has 36 heavy (non-hydrogen) atoms. The Bertz CT molecular complexity index is 1540. The Balaban J connectivity index is 1.81. The van der Waals surface area contributed by atoms with Gasteiger partial charge in [0, 0.05) is 42.5 Å². The van der Waals surface area contributed by atoms with Gasteiger partial charge in [-0.1, -0.05) is 23.7 Å². The minimum Gasteiger partial charge on any atom is -0.480 e. The summed E-state index contributed by atoms with van der Waals surface area (Å²) in [5, 5.41) is 15.6. The van der Waals surface area contributed by atoms with Gasteiger partial charge in [0.25, 0.3) is 10.0 Å². The molecule has 0 aliphatic heterocycles. The van der Waals surface area contributed by atoms with Gasteiger partial charge in [-0.15, -0.1) is 0 Å². The van der Waals surface area contributed by atoms with Crippen molar-refractivity contribution in [3.8, 4) is 17.0 Å². The summed E-state index contributed by atoms with van der Waals surface area (Å²) in [7, 11) is -1.40. The third-order valence-electron chi connectivity index (χ3n) is 5.00. The number of aromatic nitrogens is 4. The number of methoxy groups -OCH3 is 1. The number of fused-ring (bicyclic) bond motifs is 1. The zero-order chi connectivity index (χ0) is 25.9. The van der Waals surface area contributed by atoms with E-state index >= 15 is 4.39 Å². The van der Waals surface area contributed by atoms with Gasteiger partial charge in [-0.25, -0.2) is 27.8 Å². The molecule has 0 saturated heterocycles. The lowest BCUT2D eigenvalue weighted by Crippen LogP contribution is -2.16. The molecule has 11 nitrogen and oxygen atoms in total. The maximum Gasteiger partial charge on any atom is 0.267 e. The van der Waals surface area contributed by atoms with Crippen molar-refractivity contribution in [2.75, 3.05) is 42.7 Å². The van der Waals surface area contributed by atoms with Crippen molar-refractivity contribution in [1.82, 2.24) is 19.9 Å². The lowest BCUT2D eigenvalue weighted by atomic mass is 10.0. The van der Waals surface area contributed by atoms with Gasteiger partial charge in [0.2, 0.25) is 11.8 Å². The number of rotatable bonds is 9. The van der Waals surface area contributed by atoms with Crippen molar-refractivity contribution in [3.63, 3.8) is 0 Å². The maximum atomic E-state index is 15.7. The van der Waals surface area contributed by atoms with E-state index in [9.17, 15) is 13.5 Å². The van der Waals surface area contributed by atoms with Crippen LogP contribution in [0, 0.1) is 5.82 Å². The Labute approximate surface area is 210 Å². The van der Waals surface area contributed by atoms with Crippen LogP contribution in [-0.4, -0.2) is 60.8 Å². The number of aliphatic hydroxyl groups excluding tert-OH is 1. The SMILES string of the molecule is CNc1ncc2cc(-c3cccc(NS(=O)(=O)c4cc(Cl)cnc4OC)c3F)c(NCCO)nc2n1. The molecule has 0 bridgehead atoms. The first-order chi connectivity index (χ1) is 17.3. The first-order valence-electron chi connectivity index (χ1n) is 10.5. The summed E-state index contributed by atoms with van der Waals surface area (Å²) >= 11 is 5.91. The van der Waals surface area contributed by atoms with Crippen LogP contribution >= 0.6 is 11.6 Å². The Hall–Kier alpha value is -3.81. The molecule has 188 valence electrons. The summed E-state index contributed by atoms with van der Waals surface area (Å²) < 4.78 is 49.1. The summed E-state index contributed by atoms with van der Waals surface area (Å²) in [6.45, 7) is -0.0481. The van der Waals surface area contributed by atoms with E-state index in [0.29, 0.717) is 22.5 Å². The van der Waals surface area contributed by atoms with E-state index in [2.05, 4.69) is 35.3 Å². The van der Waals surface area contributed by atoms with Crippen molar-refractivity contribution in [2.45, 2.75) is 4.90 Å². The van der Waals surface area contributed by atoms with E-state index in [4.69, 9.17) is 16.3 Å². The highest BCUT2D eigenvalue weighted by Crippen LogP contribution is 2.35. The smallest absolute Gasteiger partial charge is 0.267 e. The highest BCUT2D eigenvalue weighted by atomic mass is 35.5. The molecule has 0 radical (unpaired) electrons. The molecule has 1 aromatic carbocycles. The standard InChI is InChI=1S/C22H21ClFN7O4S/c1-25-22-28-10-12-8-15(20(26-6-7-32)29-19(12)30-22)14-4-3-5-16(18(14)24)31-36(33,34)17-9-13(23)11-27-21(17)35-2/h3-5,8-11,31-32H,6-7H2,1-2H3,(H2,25,26,28,29,30). The number of hydrogen-bond acceptors (Lipinski definition) is 10. The van der Waals surface area contributed by atoms with Gasteiger partial charge < -0.3 is 20.5 Å². The molecule has 0 unspecified atom stereocenters. The molecule has 4 N–H and O–H groups in total. The highest BCUT2D eigenvalue weighted by molar-refractivity contribution is 7.92. The van der Waals surface area contributed by atoms with Crippen LogP contribution in [0.3, 0.4) is 0 Å². The number of aliphatic hydroxyl groups is 1. The summed E-state index contributed by atoms with van der Waals surface area (Å²) in [5.41, 5.74) is 0.400. The quantitative estimate of drug-likeness (QED) is 0.252. The van der Waals surface area contributed by atoms with Gasteiger partial charge in [-0.3, -0.25) is 4.72 Å². The summed E-state index contributed by atoms with van der Waals surface area (Å²) in [5.74, 6) is -0.448. The molecule has 14 heteroatoms. The number of sulfonamides is 1. The number of nitrogens with zero attached hydrogens (tertiary/aromatic N) is 4. The van der Waals surface area contributed by atoms with Crippen LogP contribution in [0.4, 0.5) is 21.8 Å². The Morgan fingerprint density at radius 3 is 2.67 bits per heavy atom. The zero-order valence-electron chi connectivity index (χ0n) is 19.1. The molecule has 4 aromatic rings. The third kappa shape index (κ3) is 5.08. The second kappa shape index (κ2) is 10.4. The van der Waals surface area contributed by atoms with E-state index in [1.54, 1.807) is 13.1 Å². The second-order valence-corrected chi connectivity index (χ2v) is 9.41. The number of pyridine rings is 2. The van der Waals surface area contributed by atoms with E-state index in [1.165, 1.54) is 37.7 Å². The maximum absolute atomic E-state index is 15.7. The number of benzene rings is 1. The van der Waals surface area contributed by atoms with Gasteiger partial charge in [-0.05, 0) is 18.2 Å². The first kappa shape index (κ1) is 25.3. The molecule has 3 heterocycles. The lowest BCUT2D eigenvalue weighted by Gasteiger charge is -2.16. The highest BCUT2D eigenvalue weighted by Gasteiger charge is 2.24. The van der Waals surface area contributed by atoms with Crippen LogP contribution in [0.25, 0.3) is 22.2 Å². The molecular formula is C22H21ClFN7O4S. The van der Waals surface area contributed by atoms with Crippen LogP contribution in [0.15, 0.2) is 47.6 Å². The summed E-state index contributed by atoms with van der Waals surface area (Å²) in [6.07, 6.45) is 2.76. The molecule has 0 atom stereocenters. The van der Waals surface area contributed by atoms with Crippen LogP contribution in [0.2, 0.25) is 5.02 Å². The number of ether oxygens (including phenoxy) is 1. The first-order valence-corrected chi connectivity index (χ1v) is 12.3. The van der Waals surface area contributed by atoms with Gasteiger partial charge in [0.1, 0.15) is 5.82 Å². The molecule has 3 aromatic heterocycles. The fourth-order valence-corrected chi connectivity index (χ4v) is 4.80. The predicted molar refractivity (Wildman–Crippen MR) is 134 cm³/mol. The van der Waals surface area contributed by atoms with Crippen LogP contribution in [-0.2, 0) is 10.0 Å². The monoisotopic (exact) mass is 533 g/mol. The molecule has 0 aliphatic carbocycles. The number of nitrogens with one attached hydrogen (secondary N) is 3. The minimum atomic E-state index is -4.32. The van der Waals surface area contributed by atoms with Crippen molar-refractivity contribution >= 4 is 50.1 Å². The van der Waals surface area contributed by atoms with E-state index in [0.717, 1.165) is 6.07 Å². The molecular weight excluding hydrogens is 513 g/mol. The van der Waals surface area contributed by atoms with E-state index < -0.39 is 15.8 Å². The number of hydrogen-bond donors (Lipinski definition) is 4. The topological polar surface area (TPSA) is 151 Å². The van der Waals surface area contributed by atoms with Crippen molar-refractivity contribution in [1.29, 1.82) is 0 Å². The molecule has 0 saturated carbocycles. The second-order valence-electron chi connectivity index (χ2n) is 7.32. The van der Waals surface area contributed by atoms with Gasteiger partial charge in [0.05, 0.1) is 24.4 Å². The molecule has 4 rings (SSSR count). The van der Waals surface area contributed by atoms with E-state index in [-0.39, 0.29) is 46.0 Å². The summed E-state index contributed by atoms with van der Waals surface area (Å²) in [6, 6.07) is 7.02. The van der Waals surface area contributed by atoms with Crippen LogP contribution in [0.1, 0.15) is 0 Å². The van der Waals surface area contributed by atoms with Gasteiger partial charge >= 0.3 is 0 Å². The Kier molecular flexibility index (Phi) is 7.33. The van der Waals surface area contributed by atoms with Crippen LogP contribution < -0.4 is 20.1 Å².